The van der Waals surface area contributed by atoms with Crippen LogP contribution in [0.2, 0.25) is 0 Å². The monoisotopic (exact) mass is 236 g/mol. The van der Waals surface area contributed by atoms with Crippen LogP contribution in [0, 0.1) is 16.7 Å². The van der Waals surface area contributed by atoms with Crippen LogP contribution < -0.4 is 0 Å². The number of allylic oxidation sites excluding steroid dienone is 1. The molecule has 0 aliphatic heterocycles. The highest BCUT2D eigenvalue weighted by atomic mass is 16.1. The molecule has 1 nitrogen and oxygen atoms in total. The molecule has 98 valence electrons. The lowest BCUT2D eigenvalue weighted by atomic mass is 9.63. The predicted octanol–water partition coefficient (Wildman–Crippen LogP) is 4.76. The Hall–Kier alpha value is -0.590. The Bertz CT molecular complexity index is 308. The second-order valence-corrected chi connectivity index (χ2v) is 7.14. The molecule has 0 aromatic carbocycles. The molecule has 1 aliphatic rings. The number of hydrogen-bond donors (Lipinski definition) is 0. The van der Waals surface area contributed by atoms with Crippen molar-refractivity contribution in [2.45, 2.75) is 66.7 Å². The largest absolute Gasteiger partial charge is 0.299 e. The first-order valence-electron chi connectivity index (χ1n) is 6.88. The van der Waals surface area contributed by atoms with Crippen molar-refractivity contribution >= 4 is 5.78 Å². The van der Waals surface area contributed by atoms with Crippen molar-refractivity contribution in [3.63, 3.8) is 0 Å². The maximum absolute atomic E-state index is 12.3. The molecular weight excluding hydrogens is 208 g/mol. The molecule has 0 heterocycles. The van der Waals surface area contributed by atoms with Gasteiger partial charge in [0.05, 0.1) is 0 Å². The third-order valence-electron chi connectivity index (χ3n) is 4.17. The van der Waals surface area contributed by atoms with Crippen molar-refractivity contribution in [2.24, 2.45) is 16.7 Å². The van der Waals surface area contributed by atoms with Crippen LogP contribution in [0.25, 0.3) is 0 Å². The second-order valence-electron chi connectivity index (χ2n) is 7.14. The summed E-state index contributed by atoms with van der Waals surface area (Å²) in [4.78, 5) is 12.3. The lowest BCUT2D eigenvalue weighted by Gasteiger charge is -2.41. The zero-order valence-corrected chi connectivity index (χ0v) is 12.2. The van der Waals surface area contributed by atoms with Crippen molar-refractivity contribution in [3.05, 3.63) is 12.2 Å². The van der Waals surface area contributed by atoms with E-state index in [0.29, 0.717) is 11.7 Å². The Balaban J connectivity index is 2.82. The first kappa shape index (κ1) is 14.5. The summed E-state index contributed by atoms with van der Waals surface area (Å²) in [6, 6.07) is 0. The summed E-state index contributed by atoms with van der Waals surface area (Å²) < 4.78 is 0. The minimum Gasteiger partial charge on any atom is -0.299 e. The van der Waals surface area contributed by atoms with Gasteiger partial charge in [-0.3, -0.25) is 4.79 Å². The Morgan fingerprint density at radius 2 is 2.06 bits per heavy atom. The van der Waals surface area contributed by atoms with E-state index in [1.54, 1.807) is 0 Å². The van der Waals surface area contributed by atoms with Crippen LogP contribution in [-0.4, -0.2) is 5.78 Å². The molecule has 2 unspecified atom stereocenters. The maximum atomic E-state index is 12.3. The number of carbonyl (C=O) groups excluding carboxylic acids is 1. The van der Waals surface area contributed by atoms with Crippen LogP contribution in [0.4, 0.5) is 0 Å². The molecular formula is C16H28O. The van der Waals surface area contributed by atoms with E-state index in [0.717, 1.165) is 25.7 Å². The van der Waals surface area contributed by atoms with E-state index < -0.39 is 0 Å². The number of carbonyl (C=O) groups is 1. The number of Topliss-reactive ketones (excluding diaryl/α,β-unsaturated/α-hetero) is 1. The topological polar surface area (TPSA) is 17.1 Å². The van der Waals surface area contributed by atoms with E-state index in [-0.39, 0.29) is 10.8 Å². The molecule has 0 spiro atoms. The van der Waals surface area contributed by atoms with Crippen LogP contribution in [-0.2, 0) is 4.79 Å². The van der Waals surface area contributed by atoms with E-state index in [9.17, 15) is 4.79 Å². The van der Waals surface area contributed by atoms with Gasteiger partial charge in [0.25, 0.3) is 0 Å². The lowest BCUT2D eigenvalue weighted by molar-refractivity contribution is -0.129. The van der Waals surface area contributed by atoms with Gasteiger partial charge in [-0.25, -0.2) is 0 Å². The molecule has 2 atom stereocenters. The Morgan fingerprint density at radius 1 is 1.47 bits per heavy atom. The molecule has 0 N–H and O–H groups in total. The van der Waals surface area contributed by atoms with Crippen molar-refractivity contribution in [1.29, 1.82) is 0 Å². The highest BCUT2D eigenvalue weighted by Crippen LogP contribution is 2.47. The molecule has 0 radical (unpaired) electrons. The third kappa shape index (κ3) is 3.69. The van der Waals surface area contributed by atoms with Crippen LogP contribution in [0.5, 0.6) is 0 Å². The lowest BCUT2D eigenvalue weighted by Crippen LogP contribution is -2.34. The smallest absolute Gasteiger partial charge is 0.138 e. The average Bonchev–Trinajstić information content (AvgIpc) is 2.14. The Labute approximate surface area is 107 Å². The third-order valence-corrected chi connectivity index (χ3v) is 4.17. The fourth-order valence-electron chi connectivity index (χ4n) is 3.11. The molecule has 0 aromatic rings. The molecule has 0 bridgehead atoms. The van der Waals surface area contributed by atoms with E-state index in [1.807, 2.05) is 20.8 Å². The molecule has 0 saturated heterocycles. The van der Waals surface area contributed by atoms with Crippen molar-refractivity contribution in [3.8, 4) is 0 Å². The van der Waals surface area contributed by atoms with Crippen molar-refractivity contribution in [2.75, 3.05) is 0 Å². The van der Waals surface area contributed by atoms with Gasteiger partial charge < -0.3 is 0 Å². The Morgan fingerprint density at radius 3 is 2.47 bits per heavy atom. The summed E-state index contributed by atoms with van der Waals surface area (Å²) in [6.45, 7) is 14.8. The minimum absolute atomic E-state index is 0.194. The quantitative estimate of drug-likeness (QED) is 0.645. The van der Waals surface area contributed by atoms with E-state index in [1.165, 1.54) is 12.0 Å². The maximum Gasteiger partial charge on any atom is 0.138 e. The molecule has 17 heavy (non-hydrogen) atoms. The number of ketones is 1. The van der Waals surface area contributed by atoms with Gasteiger partial charge in [0.1, 0.15) is 5.78 Å². The van der Waals surface area contributed by atoms with E-state index in [2.05, 4.69) is 20.4 Å². The van der Waals surface area contributed by atoms with Gasteiger partial charge in [-0.05, 0) is 37.0 Å². The fourth-order valence-corrected chi connectivity index (χ4v) is 3.11. The second kappa shape index (κ2) is 4.96. The summed E-state index contributed by atoms with van der Waals surface area (Å²) in [5, 5.41) is 0. The molecule has 0 amide bonds. The van der Waals surface area contributed by atoms with E-state index >= 15 is 0 Å². The normalized spacial score (nSPS) is 30.4. The number of hydrogen-bond acceptors (Lipinski definition) is 1. The fraction of sp³-hybridized carbons (Fsp3) is 0.812. The first-order valence-corrected chi connectivity index (χ1v) is 6.88. The van der Waals surface area contributed by atoms with Crippen molar-refractivity contribution < 1.29 is 4.79 Å². The van der Waals surface area contributed by atoms with E-state index in [4.69, 9.17) is 0 Å². The highest BCUT2D eigenvalue weighted by molar-refractivity contribution is 5.84. The SMILES string of the molecule is C=C1CC(C)CC(CC)(CC(=O)C(C)(C)C)C1. The van der Waals surface area contributed by atoms with Gasteiger partial charge in [-0.1, -0.05) is 46.8 Å². The Kier molecular flexibility index (Phi) is 4.22. The number of rotatable bonds is 3. The van der Waals surface area contributed by atoms with Gasteiger partial charge in [-0.15, -0.1) is 0 Å². The predicted molar refractivity (Wildman–Crippen MR) is 74.0 cm³/mol. The summed E-state index contributed by atoms with van der Waals surface area (Å²) in [5.41, 5.74) is 1.33. The molecule has 1 fully saturated rings. The standard InChI is InChI=1S/C16H28O/c1-7-16(11-14(17)15(4,5)6)9-12(2)8-13(3)10-16/h13H,2,7-11H2,1,3-6H3. The zero-order chi connectivity index (χ0) is 13.3. The van der Waals surface area contributed by atoms with Gasteiger partial charge in [0.2, 0.25) is 0 Å². The van der Waals surface area contributed by atoms with Gasteiger partial charge in [-0.2, -0.15) is 0 Å². The summed E-state index contributed by atoms with van der Waals surface area (Å²) in [6.07, 6.45) is 5.21. The first-order chi connectivity index (χ1) is 7.68. The molecule has 1 saturated carbocycles. The summed E-state index contributed by atoms with van der Waals surface area (Å²) >= 11 is 0. The molecule has 0 aromatic heterocycles. The van der Waals surface area contributed by atoms with Crippen LogP contribution in [0.1, 0.15) is 66.7 Å². The van der Waals surface area contributed by atoms with Gasteiger partial charge >= 0.3 is 0 Å². The molecule has 1 rings (SSSR count). The minimum atomic E-state index is -0.204. The summed E-state index contributed by atoms with van der Waals surface area (Å²) in [7, 11) is 0. The molecule has 1 heteroatoms. The van der Waals surface area contributed by atoms with Gasteiger partial charge in [0.15, 0.2) is 0 Å². The molecule has 1 aliphatic carbocycles. The van der Waals surface area contributed by atoms with Crippen LogP contribution in [0.3, 0.4) is 0 Å². The van der Waals surface area contributed by atoms with Crippen LogP contribution >= 0.6 is 0 Å². The highest BCUT2D eigenvalue weighted by Gasteiger charge is 2.38. The van der Waals surface area contributed by atoms with Gasteiger partial charge in [0, 0.05) is 11.8 Å². The zero-order valence-electron chi connectivity index (χ0n) is 12.2. The average molecular weight is 236 g/mol. The summed E-state index contributed by atoms with van der Waals surface area (Å²) in [5.74, 6) is 1.09. The van der Waals surface area contributed by atoms with Crippen LogP contribution in [0.15, 0.2) is 12.2 Å². The van der Waals surface area contributed by atoms with Crippen molar-refractivity contribution in [1.82, 2.24) is 0 Å².